The zero-order valence-corrected chi connectivity index (χ0v) is 11.8. The van der Waals surface area contributed by atoms with E-state index in [-0.39, 0.29) is 0 Å². The van der Waals surface area contributed by atoms with Gasteiger partial charge in [-0.05, 0) is 18.3 Å². The molecule has 17 heavy (non-hydrogen) atoms. The Morgan fingerprint density at radius 1 is 1.35 bits per heavy atom. The zero-order valence-electron chi connectivity index (χ0n) is 10.9. The van der Waals surface area contributed by atoms with Gasteiger partial charge in [0.15, 0.2) is 0 Å². The lowest BCUT2D eigenvalue weighted by atomic mass is 9.91. The first-order valence-electron chi connectivity index (χ1n) is 6.74. The van der Waals surface area contributed by atoms with Crippen molar-refractivity contribution in [3.63, 3.8) is 0 Å². The van der Waals surface area contributed by atoms with E-state index in [1.165, 1.54) is 12.2 Å². The molecule has 2 aliphatic rings. The molecule has 98 valence electrons. The van der Waals surface area contributed by atoms with Gasteiger partial charge in [0.1, 0.15) is 0 Å². The molecule has 0 spiro atoms. The Kier molecular flexibility index (Phi) is 4.74. The van der Waals surface area contributed by atoms with E-state index >= 15 is 0 Å². The molecule has 1 amide bonds. The average molecular weight is 256 g/mol. The van der Waals surface area contributed by atoms with Gasteiger partial charge in [0.25, 0.3) is 0 Å². The van der Waals surface area contributed by atoms with Crippen molar-refractivity contribution >= 4 is 17.7 Å². The fourth-order valence-electron chi connectivity index (χ4n) is 2.96. The van der Waals surface area contributed by atoms with Crippen molar-refractivity contribution in [3.05, 3.63) is 0 Å². The molecule has 3 unspecified atom stereocenters. The van der Waals surface area contributed by atoms with Gasteiger partial charge in [-0.15, -0.1) is 0 Å². The number of carbonyl (C=O) groups is 1. The highest BCUT2D eigenvalue weighted by molar-refractivity contribution is 7.99. The SMILES string of the molecule is CC1CC(C)CN(C(=O)CC2CSCCN2)C1. The van der Waals surface area contributed by atoms with Crippen molar-refractivity contribution < 1.29 is 4.79 Å². The molecule has 2 rings (SSSR count). The predicted molar refractivity (Wildman–Crippen MR) is 73.3 cm³/mol. The summed E-state index contributed by atoms with van der Waals surface area (Å²) in [7, 11) is 0. The van der Waals surface area contributed by atoms with Gasteiger partial charge in [-0.2, -0.15) is 11.8 Å². The van der Waals surface area contributed by atoms with E-state index in [4.69, 9.17) is 0 Å². The molecule has 3 atom stereocenters. The van der Waals surface area contributed by atoms with Crippen molar-refractivity contribution in [2.45, 2.75) is 32.7 Å². The molecule has 1 N–H and O–H groups in total. The molecule has 4 heteroatoms. The van der Waals surface area contributed by atoms with E-state index < -0.39 is 0 Å². The predicted octanol–water partition coefficient (Wildman–Crippen LogP) is 1.59. The summed E-state index contributed by atoms with van der Waals surface area (Å²) in [6.07, 6.45) is 1.95. The van der Waals surface area contributed by atoms with E-state index in [0.717, 1.165) is 25.4 Å². The Bertz CT molecular complexity index is 256. The Hall–Kier alpha value is -0.220. The molecule has 2 fully saturated rings. The van der Waals surface area contributed by atoms with Crippen LogP contribution in [0.3, 0.4) is 0 Å². The molecule has 0 aliphatic carbocycles. The lowest BCUT2D eigenvalue weighted by molar-refractivity contribution is -0.134. The molecule has 2 heterocycles. The maximum atomic E-state index is 12.2. The fourth-order valence-corrected chi connectivity index (χ4v) is 3.91. The third kappa shape index (κ3) is 3.88. The number of carbonyl (C=O) groups excluding carboxylic acids is 1. The van der Waals surface area contributed by atoms with E-state index in [1.54, 1.807) is 0 Å². The van der Waals surface area contributed by atoms with Crippen LogP contribution in [0.5, 0.6) is 0 Å². The van der Waals surface area contributed by atoms with Crippen LogP contribution in [0.15, 0.2) is 0 Å². The van der Waals surface area contributed by atoms with E-state index in [2.05, 4.69) is 24.1 Å². The molecule has 0 aromatic rings. The second-order valence-electron chi connectivity index (χ2n) is 5.67. The number of likely N-dealkylation sites (tertiary alicyclic amines) is 1. The van der Waals surface area contributed by atoms with Crippen molar-refractivity contribution in [1.29, 1.82) is 0 Å². The van der Waals surface area contributed by atoms with Crippen LogP contribution in [0.25, 0.3) is 0 Å². The molecule has 2 saturated heterocycles. The minimum Gasteiger partial charge on any atom is -0.342 e. The first kappa shape index (κ1) is 13.2. The largest absolute Gasteiger partial charge is 0.342 e. The van der Waals surface area contributed by atoms with Crippen LogP contribution >= 0.6 is 11.8 Å². The zero-order chi connectivity index (χ0) is 12.3. The maximum Gasteiger partial charge on any atom is 0.224 e. The number of hydrogen-bond acceptors (Lipinski definition) is 3. The Labute approximate surface area is 109 Å². The van der Waals surface area contributed by atoms with Crippen molar-refractivity contribution in [1.82, 2.24) is 10.2 Å². The van der Waals surface area contributed by atoms with Gasteiger partial charge in [-0.25, -0.2) is 0 Å². The monoisotopic (exact) mass is 256 g/mol. The number of thioether (sulfide) groups is 1. The van der Waals surface area contributed by atoms with Crippen LogP contribution < -0.4 is 5.32 Å². The van der Waals surface area contributed by atoms with Crippen LogP contribution in [0.1, 0.15) is 26.7 Å². The lowest BCUT2D eigenvalue weighted by Crippen LogP contribution is -2.46. The molecule has 2 aliphatic heterocycles. The summed E-state index contributed by atoms with van der Waals surface area (Å²) in [5, 5.41) is 3.44. The summed E-state index contributed by atoms with van der Waals surface area (Å²) in [5.74, 6) is 3.95. The first-order chi connectivity index (χ1) is 8.15. The number of nitrogens with zero attached hydrogens (tertiary/aromatic N) is 1. The Morgan fingerprint density at radius 3 is 2.65 bits per heavy atom. The second kappa shape index (κ2) is 6.10. The number of hydrogen-bond donors (Lipinski definition) is 1. The van der Waals surface area contributed by atoms with E-state index in [0.29, 0.717) is 30.2 Å². The summed E-state index contributed by atoms with van der Waals surface area (Å²) in [5.41, 5.74) is 0. The smallest absolute Gasteiger partial charge is 0.224 e. The maximum absolute atomic E-state index is 12.2. The molecule has 0 saturated carbocycles. The van der Waals surface area contributed by atoms with Crippen LogP contribution in [-0.4, -0.2) is 48.0 Å². The standard InChI is InChI=1S/C13H24N2OS/c1-10-5-11(2)8-15(7-10)13(16)6-12-9-17-4-3-14-12/h10-12,14H,3-9H2,1-2H3. The molecule has 0 aromatic carbocycles. The van der Waals surface area contributed by atoms with Crippen LogP contribution in [0.2, 0.25) is 0 Å². The van der Waals surface area contributed by atoms with E-state index in [9.17, 15) is 4.79 Å². The summed E-state index contributed by atoms with van der Waals surface area (Å²) >= 11 is 1.96. The summed E-state index contributed by atoms with van der Waals surface area (Å²) in [6.45, 7) is 7.48. The fraction of sp³-hybridized carbons (Fsp3) is 0.923. The number of rotatable bonds is 2. The number of nitrogens with one attached hydrogen (secondary N) is 1. The highest BCUT2D eigenvalue weighted by Crippen LogP contribution is 2.22. The highest BCUT2D eigenvalue weighted by atomic mass is 32.2. The van der Waals surface area contributed by atoms with Crippen molar-refractivity contribution in [2.24, 2.45) is 11.8 Å². The summed E-state index contributed by atoms with van der Waals surface area (Å²) in [4.78, 5) is 14.3. The average Bonchev–Trinajstić information content (AvgIpc) is 2.29. The first-order valence-corrected chi connectivity index (χ1v) is 7.89. The molecular weight excluding hydrogens is 232 g/mol. The molecular formula is C13H24N2OS. The van der Waals surface area contributed by atoms with Crippen LogP contribution in [0, 0.1) is 11.8 Å². The molecule has 0 bridgehead atoms. The lowest BCUT2D eigenvalue weighted by Gasteiger charge is -2.36. The van der Waals surface area contributed by atoms with E-state index in [1.807, 2.05) is 11.8 Å². The molecule has 0 aromatic heterocycles. The second-order valence-corrected chi connectivity index (χ2v) is 6.82. The topological polar surface area (TPSA) is 32.3 Å². The van der Waals surface area contributed by atoms with Gasteiger partial charge in [0, 0.05) is 43.6 Å². The van der Waals surface area contributed by atoms with Gasteiger partial charge in [-0.3, -0.25) is 4.79 Å². The van der Waals surface area contributed by atoms with Gasteiger partial charge in [0.05, 0.1) is 0 Å². The Balaban J connectivity index is 1.81. The normalized spacial score (nSPS) is 34.7. The third-order valence-corrected chi connectivity index (χ3v) is 4.77. The number of amides is 1. The summed E-state index contributed by atoms with van der Waals surface area (Å²) < 4.78 is 0. The van der Waals surface area contributed by atoms with Crippen molar-refractivity contribution in [3.8, 4) is 0 Å². The van der Waals surface area contributed by atoms with Gasteiger partial charge < -0.3 is 10.2 Å². The molecule has 0 radical (unpaired) electrons. The van der Waals surface area contributed by atoms with Gasteiger partial charge >= 0.3 is 0 Å². The van der Waals surface area contributed by atoms with Gasteiger partial charge in [-0.1, -0.05) is 13.8 Å². The quantitative estimate of drug-likeness (QED) is 0.814. The van der Waals surface area contributed by atoms with Crippen LogP contribution in [-0.2, 0) is 4.79 Å². The van der Waals surface area contributed by atoms with Crippen molar-refractivity contribution in [2.75, 3.05) is 31.1 Å². The van der Waals surface area contributed by atoms with Crippen LogP contribution in [0.4, 0.5) is 0 Å². The summed E-state index contributed by atoms with van der Waals surface area (Å²) in [6, 6.07) is 0.397. The highest BCUT2D eigenvalue weighted by Gasteiger charge is 2.27. The minimum atomic E-state index is 0.350. The molecule has 3 nitrogen and oxygen atoms in total. The minimum absolute atomic E-state index is 0.350. The van der Waals surface area contributed by atoms with Gasteiger partial charge in [0.2, 0.25) is 5.91 Å². The third-order valence-electron chi connectivity index (χ3n) is 3.64. The Morgan fingerprint density at radius 2 is 2.06 bits per heavy atom. The number of piperidine rings is 1.